The van der Waals surface area contributed by atoms with Gasteiger partial charge in [-0.2, -0.15) is 0 Å². The van der Waals surface area contributed by atoms with Gasteiger partial charge in [0, 0.05) is 50.4 Å². The minimum Gasteiger partial charge on any atom is -0.343 e. The fourth-order valence-electron chi connectivity index (χ4n) is 2.91. The molecule has 1 amide bonds. The molecule has 0 saturated carbocycles. The van der Waals surface area contributed by atoms with Gasteiger partial charge in [0.25, 0.3) is 0 Å². The molecule has 2 heterocycles. The first-order valence-corrected chi connectivity index (χ1v) is 7.74. The summed E-state index contributed by atoms with van der Waals surface area (Å²) in [6, 6.07) is 0. The van der Waals surface area contributed by atoms with E-state index in [2.05, 4.69) is 14.9 Å². The van der Waals surface area contributed by atoms with Crippen molar-refractivity contribution < 1.29 is 4.79 Å². The molecule has 1 aliphatic rings. The molecule has 0 aliphatic carbocycles. The molecule has 2 rings (SSSR count). The highest BCUT2D eigenvalue weighted by atomic mass is 16.2. The van der Waals surface area contributed by atoms with Gasteiger partial charge in [-0.3, -0.25) is 4.79 Å². The third-order valence-corrected chi connectivity index (χ3v) is 4.14. The molecular weight excluding hydrogens is 252 g/mol. The van der Waals surface area contributed by atoms with Crippen molar-refractivity contribution in [3.05, 3.63) is 18.2 Å². The third kappa shape index (κ3) is 3.60. The number of piperidine rings is 1. The summed E-state index contributed by atoms with van der Waals surface area (Å²) in [5.41, 5.74) is 1.27. The molecule has 1 atom stereocenters. The maximum absolute atomic E-state index is 12.1. The van der Waals surface area contributed by atoms with Crippen LogP contribution >= 0.6 is 0 Å². The molecule has 1 aromatic rings. The molecule has 0 bridgehead atoms. The van der Waals surface area contributed by atoms with E-state index < -0.39 is 0 Å². The van der Waals surface area contributed by atoms with Crippen molar-refractivity contribution in [3.63, 3.8) is 0 Å². The van der Waals surface area contributed by atoms with Gasteiger partial charge in [0.15, 0.2) is 0 Å². The van der Waals surface area contributed by atoms with E-state index in [0.29, 0.717) is 12.3 Å². The molecule has 1 saturated heterocycles. The van der Waals surface area contributed by atoms with Crippen LogP contribution in [0.25, 0.3) is 0 Å². The molecule has 0 aromatic carbocycles. The van der Waals surface area contributed by atoms with E-state index in [1.807, 2.05) is 31.3 Å². The monoisotopic (exact) mass is 278 g/mol. The van der Waals surface area contributed by atoms with Gasteiger partial charge < -0.3 is 14.8 Å². The quantitative estimate of drug-likeness (QED) is 0.860. The summed E-state index contributed by atoms with van der Waals surface area (Å²) in [5, 5.41) is 3.44. The maximum atomic E-state index is 12.1. The zero-order valence-electron chi connectivity index (χ0n) is 12.6. The van der Waals surface area contributed by atoms with Crippen molar-refractivity contribution in [1.29, 1.82) is 0 Å². The van der Waals surface area contributed by atoms with Gasteiger partial charge in [0.2, 0.25) is 5.91 Å². The Morgan fingerprint density at radius 1 is 1.50 bits per heavy atom. The second-order valence-corrected chi connectivity index (χ2v) is 5.37. The zero-order valence-corrected chi connectivity index (χ0v) is 12.6. The van der Waals surface area contributed by atoms with Crippen molar-refractivity contribution in [2.75, 3.05) is 26.2 Å². The van der Waals surface area contributed by atoms with E-state index >= 15 is 0 Å². The largest absolute Gasteiger partial charge is 0.343 e. The first-order valence-electron chi connectivity index (χ1n) is 7.74. The number of imidazole rings is 1. The highest BCUT2D eigenvalue weighted by Crippen LogP contribution is 2.23. The molecule has 0 spiro atoms. The fraction of sp³-hybridized carbons (Fsp3) is 0.733. The van der Waals surface area contributed by atoms with Crippen LogP contribution in [0.3, 0.4) is 0 Å². The maximum Gasteiger partial charge on any atom is 0.224 e. The summed E-state index contributed by atoms with van der Waals surface area (Å²) in [5.74, 6) is 0.770. The van der Waals surface area contributed by atoms with Crippen molar-refractivity contribution in [1.82, 2.24) is 19.8 Å². The number of nitrogens with one attached hydrogen (secondary N) is 1. The number of aryl methyl sites for hydroxylation is 1. The molecular formula is C15H26N4O. The van der Waals surface area contributed by atoms with Gasteiger partial charge in [0.1, 0.15) is 0 Å². The summed E-state index contributed by atoms with van der Waals surface area (Å²) in [6.07, 6.45) is 6.81. The van der Waals surface area contributed by atoms with Crippen LogP contribution < -0.4 is 5.32 Å². The van der Waals surface area contributed by atoms with Gasteiger partial charge in [-0.15, -0.1) is 0 Å². The van der Waals surface area contributed by atoms with E-state index in [1.54, 1.807) is 0 Å². The first-order chi connectivity index (χ1) is 9.76. The number of amides is 1. The van der Waals surface area contributed by atoms with Gasteiger partial charge in [-0.05, 0) is 33.2 Å². The van der Waals surface area contributed by atoms with E-state index in [0.717, 1.165) is 32.7 Å². The smallest absolute Gasteiger partial charge is 0.224 e. The number of carbonyl (C=O) groups is 1. The highest BCUT2D eigenvalue weighted by molar-refractivity contribution is 5.76. The normalized spacial score (nSPS) is 19.0. The molecule has 1 fully saturated rings. The van der Waals surface area contributed by atoms with Gasteiger partial charge in [0.05, 0.1) is 6.33 Å². The molecule has 1 N–H and O–H groups in total. The molecule has 0 radical (unpaired) electrons. The van der Waals surface area contributed by atoms with Gasteiger partial charge >= 0.3 is 0 Å². The van der Waals surface area contributed by atoms with Gasteiger partial charge in [-0.1, -0.05) is 0 Å². The molecule has 112 valence electrons. The lowest BCUT2D eigenvalue weighted by molar-refractivity contribution is -0.131. The van der Waals surface area contributed by atoms with Crippen LogP contribution in [0.1, 0.15) is 44.7 Å². The molecule has 20 heavy (non-hydrogen) atoms. The lowest BCUT2D eigenvalue weighted by Crippen LogP contribution is -2.32. The Hall–Kier alpha value is -1.36. The standard InChI is InChI=1S/C15H26N4O/c1-3-18(4-2)15(20)7-9-19-12-17-11-14(19)13-6-5-8-16-10-13/h11-13,16H,3-10H2,1-2H3. The number of nitrogens with zero attached hydrogens (tertiary/aromatic N) is 3. The zero-order chi connectivity index (χ0) is 14.4. The minimum atomic E-state index is 0.233. The van der Waals surface area contributed by atoms with E-state index in [9.17, 15) is 4.79 Å². The van der Waals surface area contributed by atoms with Crippen molar-refractivity contribution in [2.24, 2.45) is 0 Å². The second kappa shape index (κ2) is 7.43. The number of hydrogen-bond acceptors (Lipinski definition) is 3. The SMILES string of the molecule is CCN(CC)C(=O)CCn1cncc1C1CCCNC1. The number of hydrogen-bond donors (Lipinski definition) is 1. The Morgan fingerprint density at radius 3 is 2.95 bits per heavy atom. The topological polar surface area (TPSA) is 50.2 Å². The van der Waals surface area contributed by atoms with E-state index in [-0.39, 0.29) is 5.91 Å². The lowest BCUT2D eigenvalue weighted by Gasteiger charge is -2.24. The van der Waals surface area contributed by atoms with E-state index in [4.69, 9.17) is 0 Å². The Bertz CT molecular complexity index is 419. The third-order valence-electron chi connectivity index (χ3n) is 4.14. The minimum absolute atomic E-state index is 0.233. The number of carbonyl (C=O) groups excluding carboxylic acids is 1. The van der Waals surface area contributed by atoms with E-state index in [1.165, 1.54) is 18.5 Å². The Balaban J connectivity index is 1.93. The van der Waals surface area contributed by atoms with Crippen LogP contribution in [-0.2, 0) is 11.3 Å². The van der Waals surface area contributed by atoms with Crippen molar-refractivity contribution in [2.45, 2.75) is 45.6 Å². The summed E-state index contributed by atoms with van der Waals surface area (Å²) in [4.78, 5) is 18.2. The average molecular weight is 278 g/mol. The Kier molecular flexibility index (Phi) is 5.59. The number of rotatable bonds is 6. The van der Waals surface area contributed by atoms with Crippen LogP contribution in [0.2, 0.25) is 0 Å². The van der Waals surface area contributed by atoms with Crippen LogP contribution in [-0.4, -0.2) is 46.5 Å². The van der Waals surface area contributed by atoms with Crippen LogP contribution in [0, 0.1) is 0 Å². The summed E-state index contributed by atoms with van der Waals surface area (Å²) < 4.78 is 2.15. The van der Waals surface area contributed by atoms with Crippen molar-refractivity contribution in [3.8, 4) is 0 Å². The Morgan fingerprint density at radius 2 is 2.30 bits per heavy atom. The molecule has 1 aromatic heterocycles. The Labute approximate surface area is 121 Å². The van der Waals surface area contributed by atoms with Crippen LogP contribution in [0.4, 0.5) is 0 Å². The molecule has 1 unspecified atom stereocenters. The van der Waals surface area contributed by atoms with Gasteiger partial charge in [-0.25, -0.2) is 4.98 Å². The first kappa shape index (κ1) is 15.0. The lowest BCUT2D eigenvalue weighted by atomic mass is 9.96. The molecule has 5 nitrogen and oxygen atoms in total. The highest BCUT2D eigenvalue weighted by Gasteiger charge is 2.19. The van der Waals surface area contributed by atoms with Crippen molar-refractivity contribution >= 4 is 5.91 Å². The summed E-state index contributed by atoms with van der Waals surface area (Å²) in [7, 11) is 0. The predicted octanol–water partition coefficient (Wildman–Crippen LogP) is 1.61. The predicted molar refractivity (Wildman–Crippen MR) is 79.6 cm³/mol. The summed E-state index contributed by atoms with van der Waals surface area (Å²) >= 11 is 0. The average Bonchev–Trinajstić information content (AvgIpc) is 2.95. The van der Waals surface area contributed by atoms with Crippen LogP contribution in [0.15, 0.2) is 12.5 Å². The van der Waals surface area contributed by atoms with Crippen LogP contribution in [0.5, 0.6) is 0 Å². The summed E-state index contributed by atoms with van der Waals surface area (Å²) in [6.45, 7) is 8.51. The second-order valence-electron chi connectivity index (χ2n) is 5.37. The number of aromatic nitrogens is 2. The molecule has 1 aliphatic heterocycles. The molecule has 5 heteroatoms. The fourth-order valence-corrected chi connectivity index (χ4v) is 2.91.